The highest BCUT2D eigenvalue weighted by Gasteiger charge is 2.18. The summed E-state index contributed by atoms with van der Waals surface area (Å²) < 4.78 is 0. The lowest BCUT2D eigenvalue weighted by Gasteiger charge is -2.05. The molecule has 0 saturated carbocycles. The Morgan fingerprint density at radius 3 is 2.50 bits per heavy atom. The van der Waals surface area contributed by atoms with E-state index in [0.717, 1.165) is 5.56 Å². The normalized spacial score (nSPS) is 12.0. The fraction of sp³-hybridized carbons (Fsp3) is 0.125. The van der Waals surface area contributed by atoms with Crippen LogP contribution in [0.1, 0.15) is 28.8 Å². The number of carbonyl (C=O) groups excluding carboxylic acids is 1. The average molecular weight is 297 g/mol. The molecule has 112 valence electrons. The van der Waals surface area contributed by atoms with E-state index in [0.29, 0.717) is 0 Å². The standard InChI is InChI=1S/C16H15N3O3/c1-12(13-7-3-2-4-8-13)11-17-18-16(20)14-9-5-6-10-15(14)19(21)22/h2-12H,1H3,(H,18,20)/b17-11-/t12-/m0/s1. The largest absolute Gasteiger partial charge is 0.282 e. The molecule has 0 radical (unpaired) electrons. The number of hydrazone groups is 1. The van der Waals surface area contributed by atoms with Gasteiger partial charge in [-0.3, -0.25) is 14.9 Å². The molecule has 2 aromatic rings. The smallest absolute Gasteiger partial charge is 0.267 e. The van der Waals surface area contributed by atoms with Gasteiger partial charge in [0.15, 0.2) is 0 Å². The van der Waals surface area contributed by atoms with Gasteiger partial charge in [0.1, 0.15) is 5.56 Å². The van der Waals surface area contributed by atoms with Gasteiger partial charge >= 0.3 is 0 Å². The number of nitro groups is 1. The second-order valence-corrected chi connectivity index (χ2v) is 4.69. The molecule has 0 heterocycles. The molecule has 0 aromatic heterocycles. The summed E-state index contributed by atoms with van der Waals surface area (Å²) in [6.45, 7) is 1.94. The molecule has 2 rings (SSSR count). The van der Waals surface area contributed by atoms with Gasteiger partial charge in [-0.1, -0.05) is 49.4 Å². The SMILES string of the molecule is C[C@@H](/C=N\NC(=O)c1ccccc1[N+](=O)[O-])c1ccccc1. The Labute approximate surface area is 127 Å². The number of hydrogen-bond donors (Lipinski definition) is 1. The van der Waals surface area contributed by atoms with Crippen molar-refractivity contribution in [1.82, 2.24) is 5.43 Å². The van der Waals surface area contributed by atoms with Crippen molar-refractivity contribution in [2.75, 3.05) is 0 Å². The Morgan fingerprint density at radius 2 is 1.82 bits per heavy atom. The van der Waals surface area contributed by atoms with Crippen LogP contribution in [-0.2, 0) is 0 Å². The minimum atomic E-state index is -0.608. The van der Waals surface area contributed by atoms with Gasteiger partial charge in [0, 0.05) is 18.2 Å². The third-order valence-electron chi connectivity index (χ3n) is 3.13. The molecule has 6 heteroatoms. The van der Waals surface area contributed by atoms with Gasteiger partial charge in [-0.05, 0) is 11.6 Å². The lowest BCUT2D eigenvalue weighted by atomic mass is 10.0. The molecule has 1 atom stereocenters. The summed E-state index contributed by atoms with van der Waals surface area (Å²) in [6.07, 6.45) is 1.59. The number of nitrogens with one attached hydrogen (secondary N) is 1. The minimum absolute atomic E-state index is 0.0167. The summed E-state index contributed by atoms with van der Waals surface area (Å²) in [4.78, 5) is 22.2. The van der Waals surface area contributed by atoms with Crippen LogP contribution in [0.15, 0.2) is 59.7 Å². The maximum Gasteiger partial charge on any atom is 0.282 e. The molecule has 0 saturated heterocycles. The topological polar surface area (TPSA) is 84.6 Å². The summed E-state index contributed by atoms with van der Waals surface area (Å²) in [5, 5.41) is 14.8. The van der Waals surface area contributed by atoms with Gasteiger partial charge in [-0.25, -0.2) is 5.43 Å². The van der Waals surface area contributed by atoms with Crippen LogP contribution in [0.3, 0.4) is 0 Å². The van der Waals surface area contributed by atoms with E-state index in [1.165, 1.54) is 18.2 Å². The van der Waals surface area contributed by atoms with Gasteiger partial charge in [-0.15, -0.1) is 0 Å². The van der Waals surface area contributed by atoms with Crippen molar-refractivity contribution in [1.29, 1.82) is 0 Å². The maximum atomic E-state index is 12.0. The fourth-order valence-electron chi connectivity index (χ4n) is 1.94. The van der Waals surface area contributed by atoms with Gasteiger partial charge in [-0.2, -0.15) is 5.10 Å². The van der Waals surface area contributed by atoms with Crippen molar-refractivity contribution in [2.24, 2.45) is 5.10 Å². The van der Waals surface area contributed by atoms with Crippen LogP contribution >= 0.6 is 0 Å². The first-order chi connectivity index (χ1) is 10.6. The van der Waals surface area contributed by atoms with E-state index in [4.69, 9.17) is 0 Å². The highest BCUT2D eigenvalue weighted by Crippen LogP contribution is 2.17. The molecule has 0 unspecified atom stereocenters. The van der Waals surface area contributed by atoms with Crippen molar-refractivity contribution in [2.45, 2.75) is 12.8 Å². The summed E-state index contributed by atoms with van der Waals surface area (Å²) in [7, 11) is 0. The van der Waals surface area contributed by atoms with Gasteiger partial charge in [0.05, 0.1) is 4.92 Å². The first-order valence-corrected chi connectivity index (χ1v) is 6.71. The average Bonchev–Trinajstić information content (AvgIpc) is 2.55. The summed E-state index contributed by atoms with van der Waals surface area (Å²) >= 11 is 0. The predicted molar refractivity (Wildman–Crippen MR) is 83.9 cm³/mol. The quantitative estimate of drug-likeness (QED) is 0.522. The van der Waals surface area contributed by atoms with Crippen LogP contribution in [0, 0.1) is 10.1 Å². The second-order valence-electron chi connectivity index (χ2n) is 4.69. The zero-order valence-electron chi connectivity index (χ0n) is 12.0. The van der Waals surface area contributed by atoms with Crippen molar-refractivity contribution < 1.29 is 9.72 Å². The first-order valence-electron chi connectivity index (χ1n) is 6.71. The van der Waals surface area contributed by atoms with E-state index in [-0.39, 0.29) is 17.2 Å². The molecule has 0 aliphatic rings. The van der Waals surface area contributed by atoms with E-state index in [2.05, 4.69) is 10.5 Å². The molecule has 0 bridgehead atoms. The summed E-state index contributed by atoms with van der Waals surface area (Å²) in [6, 6.07) is 15.4. The molecule has 0 aliphatic carbocycles. The van der Waals surface area contributed by atoms with Crippen molar-refractivity contribution in [3.8, 4) is 0 Å². The van der Waals surface area contributed by atoms with E-state index in [1.807, 2.05) is 37.3 Å². The molecule has 0 fully saturated rings. The molecule has 0 aliphatic heterocycles. The van der Waals surface area contributed by atoms with Crippen LogP contribution in [0.2, 0.25) is 0 Å². The second kappa shape index (κ2) is 7.12. The number of amides is 1. The number of rotatable bonds is 5. The van der Waals surface area contributed by atoms with Crippen molar-refractivity contribution in [3.05, 3.63) is 75.8 Å². The monoisotopic (exact) mass is 297 g/mol. The lowest BCUT2D eigenvalue weighted by Crippen LogP contribution is -2.19. The van der Waals surface area contributed by atoms with Crippen molar-refractivity contribution >= 4 is 17.8 Å². The number of carbonyl (C=O) groups is 1. The van der Waals surface area contributed by atoms with Gasteiger partial charge < -0.3 is 0 Å². The number of hydrogen-bond acceptors (Lipinski definition) is 4. The van der Waals surface area contributed by atoms with Crippen LogP contribution in [-0.4, -0.2) is 17.0 Å². The number of nitrogens with zero attached hydrogens (tertiary/aromatic N) is 2. The van der Waals surface area contributed by atoms with Crippen LogP contribution < -0.4 is 5.43 Å². The molecule has 1 N–H and O–H groups in total. The zero-order valence-corrected chi connectivity index (χ0v) is 12.0. The molecule has 1 amide bonds. The Kier molecular flexibility index (Phi) is 4.98. The highest BCUT2D eigenvalue weighted by molar-refractivity contribution is 5.98. The molecule has 2 aromatic carbocycles. The highest BCUT2D eigenvalue weighted by atomic mass is 16.6. The Morgan fingerprint density at radius 1 is 1.18 bits per heavy atom. The fourth-order valence-corrected chi connectivity index (χ4v) is 1.94. The third kappa shape index (κ3) is 3.76. The number of nitro benzene ring substituents is 1. The van der Waals surface area contributed by atoms with E-state index >= 15 is 0 Å². The Hall–Kier alpha value is -3.02. The predicted octanol–water partition coefficient (Wildman–Crippen LogP) is 3.11. The molecule has 6 nitrogen and oxygen atoms in total. The minimum Gasteiger partial charge on any atom is -0.267 e. The van der Waals surface area contributed by atoms with Gasteiger partial charge in [0.25, 0.3) is 11.6 Å². The maximum absolute atomic E-state index is 12.0. The summed E-state index contributed by atoms with van der Waals surface area (Å²) in [5.74, 6) is -0.587. The van der Waals surface area contributed by atoms with Crippen LogP contribution in [0.5, 0.6) is 0 Å². The first kappa shape index (κ1) is 15.4. The molecule has 0 spiro atoms. The molecular formula is C16H15N3O3. The van der Waals surface area contributed by atoms with Crippen LogP contribution in [0.25, 0.3) is 0 Å². The molecule has 22 heavy (non-hydrogen) atoms. The Balaban J connectivity index is 2.04. The summed E-state index contributed by atoms with van der Waals surface area (Å²) in [5.41, 5.74) is 3.12. The number of para-hydroxylation sites is 1. The van der Waals surface area contributed by atoms with E-state index in [1.54, 1.807) is 12.3 Å². The van der Waals surface area contributed by atoms with Crippen molar-refractivity contribution in [3.63, 3.8) is 0 Å². The number of benzene rings is 2. The van der Waals surface area contributed by atoms with E-state index in [9.17, 15) is 14.9 Å². The van der Waals surface area contributed by atoms with Gasteiger partial charge in [0.2, 0.25) is 0 Å². The molecular weight excluding hydrogens is 282 g/mol. The Bertz CT molecular complexity index is 699. The zero-order chi connectivity index (χ0) is 15.9. The third-order valence-corrected chi connectivity index (χ3v) is 3.13. The van der Waals surface area contributed by atoms with Crippen LogP contribution in [0.4, 0.5) is 5.69 Å². The van der Waals surface area contributed by atoms with E-state index < -0.39 is 10.8 Å². The lowest BCUT2D eigenvalue weighted by molar-refractivity contribution is -0.385.